The zero-order valence-corrected chi connectivity index (χ0v) is 11.4. The maximum absolute atomic E-state index is 12.0. The molecule has 3 heteroatoms. The first-order chi connectivity index (χ1) is 7.44. The van der Waals surface area contributed by atoms with Gasteiger partial charge in [-0.05, 0) is 16.9 Å². The summed E-state index contributed by atoms with van der Waals surface area (Å²) in [5.74, 6) is 0.236. The lowest BCUT2D eigenvalue weighted by molar-refractivity contribution is -0.132. The van der Waals surface area contributed by atoms with E-state index in [0.29, 0.717) is 6.42 Å². The molecule has 0 unspecified atom stereocenters. The molecule has 0 fully saturated rings. The molecule has 90 valence electrons. The van der Waals surface area contributed by atoms with Crippen molar-refractivity contribution < 1.29 is 4.79 Å². The molecule has 0 spiro atoms. The lowest BCUT2D eigenvalue weighted by Gasteiger charge is -2.25. The Balaban J connectivity index is 2.48. The Bertz CT molecular complexity index is 330. The number of hydrogen-bond donors (Lipinski definition) is 0. The van der Waals surface area contributed by atoms with Crippen LogP contribution in [-0.2, 0) is 11.3 Å². The third-order valence-electron chi connectivity index (χ3n) is 2.99. The van der Waals surface area contributed by atoms with Crippen molar-refractivity contribution in [3.8, 4) is 0 Å². The highest BCUT2D eigenvalue weighted by Gasteiger charge is 2.22. The molecule has 1 heterocycles. The fourth-order valence-electron chi connectivity index (χ4n) is 1.39. The molecular formula is C13H21NOS. The van der Waals surface area contributed by atoms with E-state index in [0.717, 1.165) is 13.0 Å². The zero-order chi connectivity index (χ0) is 12.2. The van der Waals surface area contributed by atoms with E-state index in [1.54, 1.807) is 11.3 Å². The Hall–Kier alpha value is -0.830. The fraction of sp³-hybridized carbons (Fsp3) is 0.615. The van der Waals surface area contributed by atoms with Gasteiger partial charge in [-0.1, -0.05) is 33.3 Å². The van der Waals surface area contributed by atoms with Crippen molar-refractivity contribution in [2.24, 2.45) is 5.41 Å². The number of carbonyl (C=O) groups is 1. The molecule has 0 saturated heterocycles. The molecule has 0 atom stereocenters. The SMILES string of the molecule is CCC(C)(C)CC(=O)N(C)Cc1cccs1. The van der Waals surface area contributed by atoms with Gasteiger partial charge in [0.25, 0.3) is 0 Å². The molecule has 0 bridgehead atoms. The summed E-state index contributed by atoms with van der Waals surface area (Å²) in [5.41, 5.74) is 0.112. The largest absolute Gasteiger partial charge is 0.341 e. The fourth-order valence-corrected chi connectivity index (χ4v) is 2.15. The van der Waals surface area contributed by atoms with Crippen molar-refractivity contribution in [3.05, 3.63) is 22.4 Å². The highest BCUT2D eigenvalue weighted by Crippen LogP contribution is 2.25. The van der Waals surface area contributed by atoms with Crippen LogP contribution in [0.15, 0.2) is 17.5 Å². The van der Waals surface area contributed by atoms with E-state index in [4.69, 9.17) is 0 Å². The van der Waals surface area contributed by atoms with E-state index in [1.165, 1.54) is 4.88 Å². The summed E-state index contributed by atoms with van der Waals surface area (Å²) in [7, 11) is 1.88. The molecule has 0 aliphatic rings. The van der Waals surface area contributed by atoms with Crippen molar-refractivity contribution in [2.45, 2.75) is 40.2 Å². The Morgan fingerprint density at radius 3 is 2.69 bits per heavy atom. The first-order valence-electron chi connectivity index (χ1n) is 5.71. The predicted molar refractivity (Wildman–Crippen MR) is 69.5 cm³/mol. The van der Waals surface area contributed by atoms with Crippen LogP contribution in [0.2, 0.25) is 0 Å². The molecule has 16 heavy (non-hydrogen) atoms. The van der Waals surface area contributed by atoms with Crippen molar-refractivity contribution in [1.29, 1.82) is 0 Å². The lowest BCUT2D eigenvalue weighted by Crippen LogP contribution is -2.30. The molecule has 0 aromatic carbocycles. The van der Waals surface area contributed by atoms with Crippen LogP contribution in [0, 0.1) is 5.41 Å². The summed E-state index contributed by atoms with van der Waals surface area (Å²) in [6.45, 7) is 7.15. The number of carbonyl (C=O) groups excluding carboxylic acids is 1. The van der Waals surface area contributed by atoms with E-state index < -0.39 is 0 Å². The summed E-state index contributed by atoms with van der Waals surface area (Å²) in [6.07, 6.45) is 1.66. The predicted octanol–water partition coefficient (Wildman–Crippen LogP) is 3.53. The average molecular weight is 239 g/mol. The third-order valence-corrected chi connectivity index (χ3v) is 3.85. The highest BCUT2D eigenvalue weighted by molar-refractivity contribution is 7.09. The summed E-state index contributed by atoms with van der Waals surface area (Å²) in [6, 6.07) is 4.09. The van der Waals surface area contributed by atoms with Gasteiger partial charge in [-0.2, -0.15) is 0 Å². The Morgan fingerprint density at radius 2 is 2.19 bits per heavy atom. The van der Waals surface area contributed by atoms with Gasteiger partial charge in [-0.25, -0.2) is 0 Å². The number of thiophene rings is 1. The first kappa shape index (κ1) is 13.2. The second-order valence-corrected chi connectivity index (χ2v) is 6.06. The topological polar surface area (TPSA) is 20.3 Å². The van der Waals surface area contributed by atoms with E-state index in [1.807, 2.05) is 23.4 Å². The van der Waals surface area contributed by atoms with Crippen molar-refractivity contribution in [1.82, 2.24) is 4.90 Å². The summed E-state index contributed by atoms with van der Waals surface area (Å²) in [4.78, 5) is 15.0. The van der Waals surface area contributed by atoms with Crippen LogP contribution in [0.5, 0.6) is 0 Å². The zero-order valence-electron chi connectivity index (χ0n) is 10.6. The van der Waals surface area contributed by atoms with E-state index in [-0.39, 0.29) is 11.3 Å². The minimum Gasteiger partial charge on any atom is -0.341 e. The van der Waals surface area contributed by atoms with E-state index in [2.05, 4.69) is 26.8 Å². The smallest absolute Gasteiger partial charge is 0.223 e. The molecule has 0 N–H and O–H groups in total. The second-order valence-electron chi connectivity index (χ2n) is 5.02. The number of hydrogen-bond acceptors (Lipinski definition) is 2. The lowest BCUT2D eigenvalue weighted by atomic mass is 9.86. The molecule has 1 aromatic heterocycles. The van der Waals surface area contributed by atoms with Gasteiger partial charge < -0.3 is 4.90 Å². The van der Waals surface area contributed by atoms with Crippen LogP contribution in [0.1, 0.15) is 38.5 Å². The molecule has 0 saturated carbocycles. The first-order valence-corrected chi connectivity index (χ1v) is 6.59. The van der Waals surface area contributed by atoms with E-state index in [9.17, 15) is 4.79 Å². The number of nitrogens with zero attached hydrogens (tertiary/aromatic N) is 1. The quantitative estimate of drug-likeness (QED) is 0.769. The summed E-state index contributed by atoms with van der Waals surface area (Å²) in [5, 5.41) is 2.05. The maximum Gasteiger partial charge on any atom is 0.223 e. The molecular weight excluding hydrogens is 218 g/mol. The van der Waals surface area contributed by atoms with Crippen LogP contribution in [-0.4, -0.2) is 17.9 Å². The molecule has 0 radical (unpaired) electrons. The highest BCUT2D eigenvalue weighted by atomic mass is 32.1. The molecule has 0 aliphatic carbocycles. The summed E-state index contributed by atoms with van der Waals surface area (Å²) >= 11 is 1.70. The number of rotatable bonds is 5. The van der Waals surface area contributed by atoms with Crippen LogP contribution in [0.25, 0.3) is 0 Å². The van der Waals surface area contributed by atoms with Crippen molar-refractivity contribution in [3.63, 3.8) is 0 Å². The van der Waals surface area contributed by atoms with E-state index >= 15 is 0 Å². The van der Waals surface area contributed by atoms with Gasteiger partial charge in [0.15, 0.2) is 0 Å². The van der Waals surface area contributed by atoms with Gasteiger partial charge in [0.05, 0.1) is 6.54 Å². The molecule has 0 aliphatic heterocycles. The van der Waals surface area contributed by atoms with Crippen molar-refractivity contribution >= 4 is 17.2 Å². The Morgan fingerprint density at radius 1 is 1.50 bits per heavy atom. The van der Waals surface area contributed by atoms with Gasteiger partial charge in [0.2, 0.25) is 5.91 Å². The van der Waals surface area contributed by atoms with Gasteiger partial charge >= 0.3 is 0 Å². The maximum atomic E-state index is 12.0. The molecule has 1 amide bonds. The van der Waals surface area contributed by atoms with Crippen molar-refractivity contribution in [2.75, 3.05) is 7.05 Å². The molecule has 1 rings (SSSR count). The van der Waals surface area contributed by atoms with Gasteiger partial charge in [-0.15, -0.1) is 11.3 Å². The molecule has 1 aromatic rings. The second kappa shape index (κ2) is 5.48. The standard InChI is InChI=1S/C13H21NOS/c1-5-13(2,3)9-12(15)14(4)10-11-7-6-8-16-11/h6-8H,5,9-10H2,1-4H3. The monoisotopic (exact) mass is 239 g/mol. The number of amides is 1. The molecule has 2 nitrogen and oxygen atoms in total. The van der Waals surface area contributed by atoms with Crippen LogP contribution in [0.4, 0.5) is 0 Å². The Kier molecular flexibility index (Phi) is 4.54. The van der Waals surface area contributed by atoms with Crippen LogP contribution < -0.4 is 0 Å². The normalized spacial score (nSPS) is 11.5. The van der Waals surface area contributed by atoms with Gasteiger partial charge in [0.1, 0.15) is 0 Å². The minimum absolute atomic E-state index is 0.112. The Labute approximate surface area is 102 Å². The average Bonchev–Trinajstić information content (AvgIpc) is 2.69. The van der Waals surface area contributed by atoms with Crippen LogP contribution in [0.3, 0.4) is 0 Å². The minimum atomic E-state index is 0.112. The van der Waals surface area contributed by atoms with Crippen LogP contribution >= 0.6 is 11.3 Å². The summed E-state index contributed by atoms with van der Waals surface area (Å²) < 4.78 is 0. The third kappa shape index (κ3) is 3.97. The van der Waals surface area contributed by atoms with Gasteiger partial charge in [0, 0.05) is 18.3 Å². The van der Waals surface area contributed by atoms with Gasteiger partial charge in [-0.3, -0.25) is 4.79 Å².